The van der Waals surface area contributed by atoms with Crippen molar-refractivity contribution in [2.45, 2.75) is 0 Å². The van der Waals surface area contributed by atoms with E-state index in [0.717, 1.165) is 198 Å². The van der Waals surface area contributed by atoms with Gasteiger partial charge in [-0.05, 0) is 207 Å². The van der Waals surface area contributed by atoms with Gasteiger partial charge in [0.15, 0.2) is 52.4 Å². The summed E-state index contributed by atoms with van der Waals surface area (Å²) in [5, 5.41) is 20.3. The first-order valence-corrected chi connectivity index (χ1v) is 45.1. The lowest BCUT2D eigenvalue weighted by Crippen LogP contribution is -2.01. The maximum absolute atomic E-state index is 6.27. The van der Waals surface area contributed by atoms with Crippen molar-refractivity contribution < 1.29 is 13.3 Å². The van der Waals surface area contributed by atoms with Crippen molar-refractivity contribution in [1.29, 1.82) is 0 Å². The van der Waals surface area contributed by atoms with Crippen LogP contribution in [-0.4, -0.2) is 44.9 Å². The summed E-state index contributed by atoms with van der Waals surface area (Å²) in [7, 11) is 0. The minimum atomic E-state index is 0.629. The summed E-state index contributed by atoms with van der Waals surface area (Å²) < 4.78 is 18.7. The summed E-state index contributed by atoms with van der Waals surface area (Å²) in [6, 6.07) is 157. The molecule has 0 saturated heterocycles. The van der Waals surface area contributed by atoms with E-state index in [4.69, 9.17) is 58.1 Å². The molecule has 6 aromatic heterocycles. The number of benzene rings is 21. The van der Waals surface area contributed by atoms with E-state index >= 15 is 0 Å². The molecule has 0 unspecified atom stereocenters. The zero-order valence-electron chi connectivity index (χ0n) is 72.6. The van der Waals surface area contributed by atoms with E-state index in [2.05, 4.69) is 309 Å². The summed E-state index contributed by atoms with van der Waals surface area (Å²) in [5.41, 5.74) is 20.2. The van der Waals surface area contributed by atoms with Gasteiger partial charge in [-0.2, -0.15) is 0 Å². The molecule has 0 radical (unpaired) electrons. The van der Waals surface area contributed by atoms with Gasteiger partial charge in [0.25, 0.3) is 0 Å². The molecular weight excluding hydrogens is 1650 g/mol. The summed E-state index contributed by atoms with van der Waals surface area (Å²) in [6.45, 7) is 0. The zero-order chi connectivity index (χ0) is 89.2. The van der Waals surface area contributed by atoms with Crippen LogP contribution in [0.5, 0.6) is 0 Å². The van der Waals surface area contributed by atoms with Gasteiger partial charge in [0, 0.05) is 82.4 Å². The molecule has 12 nitrogen and oxygen atoms in total. The highest BCUT2D eigenvalue weighted by Gasteiger charge is 2.23. The number of rotatable bonds is 12. The highest BCUT2D eigenvalue weighted by atomic mass is 16.3. The van der Waals surface area contributed by atoms with E-state index in [1.165, 1.54) is 16.2 Å². The minimum Gasteiger partial charge on any atom is -0.456 e. The number of aromatic nitrogens is 9. The topological polar surface area (TPSA) is 155 Å². The molecule has 0 amide bonds. The third-order valence-electron chi connectivity index (χ3n) is 25.5. The minimum absolute atomic E-state index is 0.629. The lowest BCUT2D eigenvalue weighted by atomic mass is 9.95. The van der Waals surface area contributed by atoms with Gasteiger partial charge in [-0.3, -0.25) is 0 Å². The molecule has 27 aromatic rings. The molecule has 0 bridgehead atoms. The monoisotopic (exact) mass is 1730 g/mol. The summed E-state index contributed by atoms with van der Waals surface area (Å²) in [6.07, 6.45) is 0. The van der Waals surface area contributed by atoms with Crippen molar-refractivity contribution in [3.05, 3.63) is 455 Å². The number of fused-ring (bicyclic) bond motifs is 15. The highest BCUT2D eigenvalue weighted by Crippen LogP contribution is 2.44. The van der Waals surface area contributed by atoms with Gasteiger partial charge >= 0.3 is 0 Å². The van der Waals surface area contributed by atoms with Gasteiger partial charge in [0.1, 0.15) is 33.5 Å². The lowest BCUT2D eigenvalue weighted by molar-refractivity contribution is 0.668. The molecule has 0 N–H and O–H groups in total. The Hall–Kier alpha value is -18.4. The fourth-order valence-corrected chi connectivity index (χ4v) is 18.7. The Morgan fingerprint density at radius 3 is 0.607 bits per heavy atom. The molecule has 0 saturated carbocycles. The van der Waals surface area contributed by atoms with Crippen molar-refractivity contribution in [1.82, 2.24) is 44.9 Å². The van der Waals surface area contributed by atoms with Crippen LogP contribution in [0, 0.1) is 0 Å². The second-order valence-corrected chi connectivity index (χ2v) is 33.9. The zero-order valence-corrected chi connectivity index (χ0v) is 72.6. The first-order valence-electron chi connectivity index (χ1n) is 45.1. The average Bonchev–Trinajstić information content (AvgIpc) is 1.74. The van der Waals surface area contributed by atoms with E-state index in [1.54, 1.807) is 0 Å². The Kier molecular flexibility index (Phi) is 19.6. The lowest BCUT2D eigenvalue weighted by Gasteiger charge is -2.13. The second-order valence-electron chi connectivity index (χ2n) is 33.9. The van der Waals surface area contributed by atoms with E-state index in [9.17, 15) is 0 Å². The summed E-state index contributed by atoms with van der Waals surface area (Å²) in [4.78, 5) is 45.6. The number of hydrogen-bond acceptors (Lipinski definition) is 12. The number of nitrogens with zero attached hydrogens (tertiary/aromatic N) is 9. The molecule has 0 atom stereocenters. The van der Waals surface area contributed by atoms with Crippen molar-refractivity contribution >= 4 is 130 Å². The molecule has 0 aliphatic heterocycles. The molecule has 135 heavy (non-hydrogen) atoms. The van der Waals surface area contributed by atoms with Gasteiger partial charge in [-0.15, -0.1) is 0 Å². The van der Waals surface area contributed by atoms with Gasteiger partial charge in [-0.25, -0.2) is 44.9 Å². The predicted octanol–water partition coefficient (Wildman–Crippen LogP) is 32.2. The Morgan fingerprint density at radius 1 is 0.111 bits per heavy atom. The van der Waals surface area contributed by atoms with E-state index < -0.39 is 0 Å². The quantitative estimate of drug-likeness (QED) is 0.114. The Morgan fingerprint density at radius 2 is 0.319 bits per heavy atom. The molecule has 21 aromatic carbocycles. The fourth-order valence-electron chi connectivity index (χ4n) is 18.7. The molecular formula is C123H75N9O3. The molecule has 0 aliphatic rings. The van der Waals surface area contributed by atoms with Crippen molar-refractivity contribution in [3.63, 3.8) is 0 Å². The molecule has 630 valence electrons. The first kappa shape index (κ1) is 78.8. The molecule has 12 heteroatoms. The maximum atomic E-state index is 6.27. The molecule has 6 heterocycles. The van der Waals surface area contributed by atoms with E-state index in [0.29, 0.717) is 52.4 Å². The number of hydrogen-bond donors (Lipinski definition) is 0. The average molecular weight is 1730 g/mol. The van der Waals surface area contributed by atoms with Crippen LogP contribution < -0.4 is 0 Å². The molecule has 0 spiro atoms. The molecule has 0 fully saturated rings. The predicted molar refractivity (Wildman–Crippen MR) is 552 cm³/mol. The van der Waals surface area contributed by atoms with Gasteiger partial charge in [0.2, 0.25) is 0 Å². The summed E-state index contributed by atoms with van der Waals surface area (Å²) in [5.74, 6) is 5.75. The third kappa shape index (κ3) is 15.1. The van der Waals surface area contributed by atoms with Crippen LogP contribution in [0.25, 0.3) is 266 Å². The maximum Gasteiger partial charge on any atom is 0.164 e. The highest BCUT2D eigenvalue weighted by molar-refractivity contribution is 6.11. The van der Waals surface area contributed by atoms with Crippen molar-refractivity contribution in [2.24, 2.45) is 0 Å². The smallest absolute Gasteiger partial charge is 0.164 e. The van der Waals surface area contributed by atoms with E-state index in [1.807, 2.05) is 146 Å². The first-order chi connectivity index (χ1) is 66.8. The Balaban J connectivity index is 0.000000108. The van der Waals surface area contributed by atoms with Crippen LogP contribution in [0.3, 0.4) is 0 Å². The number of furan rings is 3. The third-order valence-corrected chi connectivity index (χ3v) is 25.5. The van der Waals surface area contributed by atoms with Crippen LogP contribution in [0.2, 0.25) is 0 Å². The largest absolute Gasteiger partial charge is 0.456 e. The second kappa shape index (κ2) is 33.6. The van der Waals surface area contributed by atoms with Crippen LogP contribution >= 0.6 is 0 Å². The number of para-hydroxylation sites is 3. The van der Waals surface area contributed by atoms with Crippen LogP contribution in [0.4, 0.5) is 0 Å². The van der Waals surface area contributed by atoms with Crippen molar-refractivity contribution in [2.75, 3.05) is 0 Å². The Bertz CT molecular complexity index is 9200. The van der Waals surface area contributed by atoms with E-state index in [-0.39, 0.29) is 0 Å². The SMILES string of the molecule is c1ccc(-c2nc(-c3ccc4ccccc4c3)nc(-c3cc(-c4ccc5c(c4)oc4ccccc45)cc4ccccc34)n2)cc1.c1ccc(-c2nc(-c3ccccc3)nc(-c3cc(-c4ccc5c(c4)oc4ccccc45)cc4ccccc34)n2)cc1.c1ccc2cc(-c3nc(-c4ccc5ccccc5c4)nc(-c4cc(-c5ccc6c(c5)oc5ccccc56)cc5ccccc45)n3)ccc2c1. The fraction of sp³-hybridized carbons (Fsp3) is 0. The van der Waals surface area contributed by atoms with Crippen molar-refractivity contribution in [3.8, 4) is 136 Å². The summed E-state index contributed by atoms with van der Waals surface area (Å²) >= 11 is 0. The van der Waals surface area contributed by atoms with Gasteiger partial charge < -0.3 is 13.3 Å². The Labute approximate surface area is 774 Å². The molecule has 0 aliphatic carbocycles. The van der Waals surface area contributed by atoms with Crippen LogP contribution in [0.15, 0.2) is 468 Å². The standard InChI is InChI=1S/C45H27N3O.C41H25N3O.C37H23N3O/c1-3-11-30-23-34(19-17-28(30)9-1)43-46-44(35-20-18-29-10-2-4-12-31(29)24-35)48-45(47-43)40-26-36(25-33-13-5-6-14-37(33)40)32-21-22-39-38-15-7-8-16-41(38)49-42(39)27-32;1-2-11-27(12-3-1)39-42-40(31-19-18-26-10-4-5-13-28(26)22-31)44-41(43-39)36-24-32(23-30-14-6-7-15-33(30)36)29-20-21-35-34-16-8-9-17-37(34)45-38(35)25-29;1-3-11-24(12-4-1)35-38-36(25-13-5-2-6-14-25)40-37(39-35)32-22-28(21-27-15-7-8-16-29(27)32)26-19-20-31-30-17-9-10-18-33(30)41-34(31)23-26/h1-27H;1-25H;1-23H. The van der Waals surface area contributed by atoms with Crippen LogP contribution in [-0.2, 0) is 0 Å². The normalized spacial score (nSPS) is 11.6. The van der Waals surface area contributed by atoms with Gasteiger partial charge in [-0.1, -0.05) is 346 Å². The van der Waals surface area contributed by atoms with Gasteiger partial charge in [0.05, 0.1) is 0 Å². The van der Waals surface area contributed by atoms with Crippen LogP contribution in [0.1, 0.15) is 0 Å². The molecule has 27 rings (SSSR count).